The van der Waals surface area contributed by atoms with E-state index in [0.717, 1.165) is 45.1 Å². The molecule has 6 heterocycles. The molecule has 0 bridgehead atoms. The third kappa shape index (κ3) is 7.12. The Bertz CT molecular complexity index is 1580. The van der Waals surface area contributed by atoms with Crippen LogP contribution in [0.15, 0.2) is 0 Å². The molecule has 0 radical (unpaired) electrons. The zero-order valence-corrected chi connectivity index (χ0v) is 36.8. The summed E-state index contributed by atoms with van der Waals surface area (Å²) in [6.45, 7) is 11.1. The fourth-order valence-electron chi connectivity index (χ4n) is 14.9. The summed E-state index contributed by atoms with van der Waals surface area (Å²) in [5.74, 6) is 3.49. The minimum absolute atomic E-state index is 0.168. The van der Waals surface area contributed by atoms with Crippen LogP contribution < -0.4 is 0 Å². The Morgan fingerprint density at radius 2 is 1.31 bits per heavy atom. The van der Waals surface area contributed by atoms with E-state index in [1.165, 1.54) is 25.7 Å². The van der Waals surface area contributed by atoms with Crippen LogP contribution in [0.3, 0.4) is 0 Å². The van der Waals surface area contributed by atoms with Crippen molar-refractivity contribution in [3.8, 4) is 0 Å². The molecule has 10 fully saturated rings. The average Bonchev–Trinajstić information content (AvgIpc) is 3.69. The maximum absolute atomic E-state index is 11.5. The lowest BCUT2D eigenvalue weighted by Gasteiger charge is -2.61. The van der Waals surface area contributed by atoms with Crippen molar-refractivity contribution in [2.24, 2.45) is 52.3 Å². The van der Waals surface area contributed by atoms with Gasteiger partial charge in [0.2, 0.25) is 0 Å². The molecule has 62 heavy (non-hydrogen) atoms. The largest absolute Gasteiger partial charge is 0.394 e. The summed E-state index contributed by atoms with van der Waals surface area (Å²) >= 11 is 0. The van der Waals surface area contributed by atoms with Gasteiger partial charge in [0.25, 0.3) is 0 Å². The van der Waals surface area contributed by atoms with Crippen LogP contribution in [0, 0.1) is 52.3 Å². The molecule has 10 rings (SSSR count). The van der Waals surface area contributed by atoms with E-state index in [9.17, 15) is 35.7 Å². The molecule has 6 saturated heterocycles. The highest BCUT2D eigenvalue weighted by Crippen LogP contribution is 2.71. The lowest BCUT2D eigenvalue weighted by atomic mass is 9.44. The lowest BCUT2D eigenvalue weighted by molar-refractivity contribution is -0.538. The van der Waals surface area contributed by atoms with Gasteiger partial charge in [-0.25, -0.2) is 9.78 Å². The predicted octanol–water partition coefficient (Wildman–Crippen LogP) is 1.27. The van der Waals surface area contributed by atoms with Gasteiger partial charge in [0.15, 0.2) is 36.9 Å². The summed E-state index contributed by atoms with van der Waals surface area (Å²) < 4.78 is 50.6. The summed E-state index contributed by atoms with van der Waals surface area (Å²) in [6, 6.07) is 0. The molecule has 17 heteroatoms. The van der Waals surface area contributed by atoms with Gasteiger partial charge in [-0.1, -0.05) is 27.7 Å². The molecular formula is C45H72O17. The highest BCUT2D eigenvalue weighted by Gasteiger charge is 2.69. The summed E-state index contributed by atoms with van der Waals surface area (Å²) in [6.07, 6.45) is -7.62. The molecule has 0 aromatic rings. The van der Waals surface area contributed by atoms with Crippen molar-refractivity contribution in [1.82, 2.24) is 0 Å². The van der Waals surface area contributed by atoms with Crippen LogP contribution in [0.1, 0.15) is 98.8 Å². The van der Waals surface area contributed by atoms with E-state index in [0.29, 0.717) is 41.4 Å². The molecule has 4 saturated carbocycles. The maximum Gasteiger partial charge on any atom is 0.190 e. The van der Waals surface area contributed by atoms with Gasteiger partial charge in [0.05, 0.1) is 38.1 Å². The highest BCUT2D eigenvalue weighted by molar-refractivity contribution is 5.15. The van der Waals surface area contributed by atoms with Crippen LogP contribution in [0.2, 0.25) is 0 Å². The average molecular weight is 885 g/mol. The molecule has 0 amide bonds. The summed E-state index contributed by atoms with van der Waals surface area (Å²) in [7, 11) is 0. The van der Waals surface area contributed by atoms with Gasteiger partial charge in [0.1, 0.15) is 54.9 Å². The van der Waals surface area contributed by atoms with Gasteiger partial charge in [-0.2, -0.15) is 0 Å². The van der Waals surface area contributed by atoms with E-state index < -0.39 is 111 Å². The molecule has 4 aliphatic carbocycles. The first-order valence-corrected chi connectivity index (χ1v) is 23.8. The first-order chi connectivity index (χ1) is 29.6. The van der Waals surface area contributed by atoms with Gasteiger partial charge in [-0.3, -0.25) is 0 Å². The van der Waals surface area contributed by atoms with Gasteiger partial charge < -0.3 is 73.6 Å². The SMILES string of the molecule is CC1CCC2(OC1)OC1CC3C4CCC5CC(O[C@@H]6O[C@H](CO)[C@@H](O)[C@H](O)[C@H]6O[C@@H]6O[C@@H](C)[C@H](O[C@@H]7O[C@H](CO)[C@@H](O)[C@H](O)[C@H]7O)[C@H]7OO[C@@H]67)CCC5(C)C4CCC3(C)C1C2C. The Kier molecular flexibility index (Phi) is 12.2. The molecule has 7 N–H and O–H groups in total. The number of hydrogen-bond acceptors (Lipinski definition) is 17. The van der Waals surface area contributed by atoms with Crippen molar-refractivity contribution >= 4 is 0 Å². The summed E-state index contributed by atoms with van der Waals surface area (Å²) in [4.78, 5) is 10.8. The zero-order chi connectivity index (χ0) is 43.6. The molecule has 17 nitrogen and oxygen atoms in total. The molecular weight excluding hydrogens is 812 g/mol. The van der Waals surface area contributed by atoms with Gasteiger partial charge in [-0.05, 0) is 111 Å². The van der Waals surface area contributed by atoms with Crippen LogP contribution in [-0.2, 0) is 47.7 Å². The Hall–Kier alpha value is -0.680. The molecule has 354 valence electrons. The first kappa shape index (κ1) is 45.1. The monoisotopic (exact) mass is 884 g/mol. The fourth-order valence-corrected chi connectivity index (χ4v) is 14.9. The highest BCUT2D eigenvalue weighted by atomic mass is 17.3. The maximum atomic E-state index is 11.5. The van der Waals surface area contributed by atoms with Gasteiger partial charge in [0, 0.05) is 12.3 Å². The van der Waals surface area contributed by atoms with Crippen LogP contribution in [-0.4, -0.2) is 166 Å². The number of aliphatic hydroxyl groups is 7. The number of aliphatic hydroxyl groups excluding tert-OH is 7. The van der Waals surface area contributed by atoms with Crippen LogP contribution in [0.5, 0.6) is 0 Å². The second-order valence-electron chi connectivity index (χ2n) is 21.6. The lowest BCUT2D eigenvalue weighted by Crippen LogP contribution is -2.70. The third-order valence-electron chi connectivity index (χ3n) is 18.5. The Labute approximate surface area is 363 Å². The quantitative estimate of drug-likeness (QED) is 0.134. The van der Waals surface area contributed by atoms with Crippen LogP contribution in [0.25, 0.3) is 0 Å². The topological polar surface area (TPSA) is 234 Å². The molecule has 27 atom stereocenters. The van der Waals surface area contributed by atoms with Crippen LogP contribution in [0.4, 0.5) is 0 Å². The minimum atomic E-state index is -1.63. The second kappa shape index (κ2) is 16.8. The fraction of sp³-hybridized carbons (Fsp3) is 1.00. The van der Waals surface area contributed by atoms with Gasteiger partial charge in [-0.15, -0.1) is 0 Å². The number of fused-ring (bicyclic) bond motifs is 8. The number of hydrogen-bond donors (Lipinski definition) is 7. The summed E-state index contributed by atoms with van der Waals surface area (Å²) in [5.41, 5.74) is 0.420. The smallest absolute Gasteiger partial charge is 0.190 e. The molecule has 1 spiro atoms. The molecule has 10 aliphatic rings. The van der Waals surface area contributed by atoms with Crippen molar-refractivity contribution in [3.05, 3.63) is 0 Å². The Balaban J connectivity index is 0.790. The van der Waals surface area contributed by atoms with Crippen molar-refractivity contribution < 1.29 is 83.4 Å². The molecule has 6 aliphatic heterocycles. The van der Waals surface area contributed by atoms with Crippen molar-refractivity contribution in [2.45, 2.75) is 209 Å². The Morgan fingerprint density at radius 1 is 0.613 bits per heavy atom. The molecule has 0 aromatic heterocycles. The third-order valence-corrected chi connectivity index (χ3v) is 18.5. The van der Waals surface area contributed by atoms with Gasteiger partial charge >= 0.3 is 0 Å². The van der Waals surface area contributed by atoms with E-state index in [1.807, 2.05) is 0 Å². The minimum Gasteiger partial charge on any atom is -0.394 e. The molecule has 12 unspecified atom stereocenters. The first-order valence-electron chi connectivity index (χ1n) is 23.8. The standard InChI is InChI=1S/C45H72O17/c1-19-8-13-45(53-18-19)20(2)30-27(60-45)15-26-24-7-6-22-14-23(9-11-43(22,4)25(24)10-12-44(26,30)5)55-41-37(34(51)32(49)29(17-47)57-41)59-42-39-38(61-62-39)36(21(3)54-42)58-40-35(52)33(50)31(48)28(16-46)56-40/h19-42,46-52H,6-18H2,1-5H3/t19?,20?,21-,22?,23?,24?,25?,26?,27?,28+,29+,30?,31+,32+,33-,34-,35+,36-,37+,38+,39+,40-,41+,42-,43?,44?,45?/m0/s1. The van der Waals surface area contributed by atoms with E-state index in [4.69, 9.17) is 47.7 Å². The van der Waals surface area contributed by atoms with E-state index >= 15 is 0 Å². The molecule has 0 aromatic carbocycles. The normalized spacial score (nSPS) is 59.6. The number of ether oxygens (including phenoxy) is 8. The second-order valence-corrected chi connectivity index (χ2v) is 21.6. The van der Waals surface area contributed by atoms with Crippen molar-refractivity contribution in [2.75, 3.05) is 19.8 Å². The number of rotatable bonds is 8. The summed E-state index contributed by atoms with van der Waals surface area (Å²) in [5, 5.41) is 73.4. The van der Waals surface area contributed by atoms with Crippen LogP contribution >= 0.6 is 0 Å². The van der Waals surface area contributed by atoms with E-state index in [1.54, 1.807) is 6.92 Å². The van der Waals surface area contributed by atoms with E-state index in [-0.39, 0.29) is 23.0 Å². The zero-order valence-electron chi connectivity index (χ0n) is 36.8. The van der Waals surface area contributed by atoms with Crippen molar-refractivity contribution in [1.29, 1.82) is 0 Å². The Morgan fingerprint density at radius 3 is 2.00 bits per heavy atom. The van der Waals surface area contributed by atoms with E-state index in [2.05, 4.69) is 27.7 Å². The predicted molar refractivity (Wildman–Crippen MR) is 212 cm³/mol. The van der Waals surface area contributed by atoms with Crippen molar-refractivity contribution in [3.63, 3.8) is 0 Å².